The number of nitrogens with zero attached hydrogens (tertiary/aromatic N) is 4. The fraction of sp³-hybridized carbons (Fsp3) is 0.550. The van der Waals surface area contributed by atoms with Crippen LogP contribution in [0.15, 0.2) is 22.6 Å². The molecule has 1 spiro atoms. The van der Waals surface area contributed by atoms with E-state index in [2.05, 4.69) is 22.1 Å². The van der Waals surface area contributed by atoms with Crippen molar-refractivity contribution < 1.29 is 18.3 Å². The summed E-state index contributed by atoms with van der Waals surface area (Å²) in [5, 5.41) is 8.24. The number of ether oxygens (including phenoxy) is 1. The molecule has 1 amide bonds. The smallest absolute Gasteiger partial charge is 0.254 e. The Morgan fingerprint density at radius 2 is 2.07 bits per heavy atom. The van der Waals surface area contributed by atoms with Crippen molar-refractivity contribution >= 4 is 5.91 Å². The van der Waals surface area contributed by atoms with Gasteiger partial charge in [-0.25, -0.2) is 4.39 Å². The second kappa shape index (κ2) is 7.16. The Balaban J connectivity index is 1.62. The molecule has 3 heterocycles. The Morgan fingerprint density at radius 3 is 2.68 bits per heavy atom. The van der Waals surface area contributed by atoms with Gasteiger partial charge in [-0.2, -0.15) is 0 Å². The van der Waals surface area contributed by atoms with Gasteiger partial charge in [0.1, 0.15) is 0 Å². The topological polar surface area (TPSA) is 71.7 Å². The number of hydrogen-bond acceptors (Lipinski definition) is 6. The van der Waals surface area contributed by atoms with Crippen LogP contribution in [0.4, 0.5) is 4.39 Å². The van der Waals surface area contributed by atoms with Crippen molar-refractivity contribution in [2.24, 2.45) is 5.41 Å². The number of carbonyl (C=O) groups is 1. The van der Waals surface area contributed by atoms with E-state index in [0.29, 0.717) is 30.4 Å². The molecule has 1 aromatic heterocycles. The summed E-state index contributed by atoms with van der Waals surface area (Å²) in [6, 6.07) is 4.34. The Labute approximate surface area is 163 Å². The van der Waals surface area contributed by atoms with E-state index in [1.807, 2.05) is 0 Å². The maximum atomic E-state index is 14.1. The second-order valence-electron chi connectivity index (χ2n) is 7.91. The van der Waals surface area contributed by atoms with Crippen molar-refractivity contribution in [2.75, 3.05) is 40.3 Å². The summed E-state index contributed by atoms with van der Waals surface area (Å²) in [6.07, 6.45) is 1.91. The molecule has 1 aromatic carbocycles. The van der Waals surface area contributed by atoms with Crippen LogP contribution in [-0.4, -0.2) is 66.2 Å². The third-order valence-corrected chi connectivity index (χ3v) is 6.16. The van der Waals surface area contributed by atoms with Gasteiger partial charge < -0.3 is 19.0 Å². The molecule has 28 heavy (non-hydrogen) atoms. The highest BCUT2D eigenvalue weighted by atomic mass is 19.1. The molecular weight excluding hydrogens is 363 g/mol. The summed E-state index contributed by atoms with van der Waals surface area (Å²) in [4.78, 5) is 17.2. The number of benzene rings is 1. The summed E-state index contributed by atoms with van der Waals surface area (Å²) in [5.41, 5.74) is 0.232. The van der Waals surface area contributed by atoms with Gasteiger partial charge in [0.2, 0.25) is 11.8 Å². The first-order valence-corrected chi connectivity index (χ1v) is 9.53. The minimum Gasteiger partial charge on any atom is -0.494 e. The molecule has 8 heteroatoms. The predicted octanol–water partition coefficient (Wildman–Crippen LogP) is 2.48. The lowest BCUT2D eigenvalue weighted by molar-refractivity contribution is 0.0726. The highest BCUT2D eigenvalue weighted by Gasteiger charge is 2.51. The zero-order valence-electron chi connectivity index (χ0n) is 16.4. The van der Waals surface area contributed by atoms with Crippen molar-refractivity contribution in [3.63, 3.8) is 0 Å². The quantitative estimate of drug-likeness (QED) is 0.805. The van der Waals surface area contributed by atoms with E-state index < -0.39 is 5.82 Å². The Bertz CT molecular complexity index is 876. The molecule has 0 radical (unpaired) electrons. The molecule has 2 aromatic rings. The summed E-state index contributed by atoms with van der Waals surface area (Å²) in [5.74, 6) is 0.529. The highest BCUT2D eigenvalue weighted by molar-refractivity contribution is 5.94. The van der Waals surface area contributed by atoms with Crippen molar-refractivity contribution in [2.45, 2.75) is 25.7 Å². The first kappa shape index (κ1) is 18.9. The molecule has 2 fully saturated rings. The summed E-state index contributed by atoms with van der Waals surface area (Å²) in [7, 11) is 3.51. The fourth-order valence-corrected chi connectivity index (χ4v) is 4.47. The summed E-state index contributed by atoms with van der Waals surface area (Å²) >= 11 is 0. The van der Waals surface area contributed by atoms with Crippen LogP contribution in [0.2, 0.25) is 0 Å². The van der Waals surface area contributed by atoms with Crippen LogP contribution in [0.5, 0.6) is 5.75 Å². The first-order valence-electron chi connectivity index (χ1n) is 9.53. The average molecular weight is 388 g/mol. The van der Waals surface area contributed by atoms with Gasteiger partial charge in [-0.3, -0.25) is 4.79 Å². The summed E-state index contributed by atoms with van der Waals surface area (Å²) in [6.45, 7) is 4.80. The second-order valence-corrected chi connectivity index (χ2v) is 7.91. The van der Waals surface area contributed by atoms with Crippen LogP contribution in [0.1, 0.15) is 40.9 Å². The van der Waals surface area contributed by atoms with E-state index in [4.69, 9.17) is 9.15 Å². The van der Waals surface area contributed by atoms with E-state index >= 15 is 0 Å². The van der Waals surface area contributed by atoms with Crippen molar-refractivity contribution in [1.29, 1.82) is 0 Å². The van der Waals surface area contributed by atoms with Gasteiger partial charge >= 0.3 is 0 Å². The van der Waals surface area contributed by atoms with Crippen LogP contribution >= 0.6 is 0 Å². The first-order chi connectivity index (χ1) is 13.4. The standard InChI is InChI=1S/C20H25FN4O3/c1-13-22-23-18(28-13)15-11-25(12-20(15)6-8-24(2)9-7-20)19(26)14-4-5-17(27-3)16(21)10-14/h4-5,10,15H,6-9,11-12H2,1-3H3. The fourth-order valence-electron chi connectivity index (χ4n) is 4.47. The molecule has 1 atom stereocenters. The van der Waals surface area contributed by atoms with Crippen LogP contribution in [0.3, 0.4) is 0 Å². The minimum absolute atomic E-state index is 0.00514. The SMILES string of the molecule is COc1ccc(C(=O)N2CC(c3nnc(C)o3)C3(CCN(C)CC3)C2)cc1F. The van der Waals surface area contributed by atoms with Crippen LogP contribution in [0, 0.1) is 18.2 Å². The third-order valence-electron chi connectivity index (χ3n) is 6.16. The van der Waals surface area contributed by atoms with E-state index in [0.717, 1.165) is 25.9 Å². The van der Waals surface area contributed by atoms with Gasteiger partial charge in [0.05, 0.1) is 13.0 Å². The van der Waals surface area contributed by atoms with Crippen molar-refractivity contribution in [1.82, 2.24) is 20.0 Å². The molecule has 0 saturated carbocycles. The number of carbonyl (C=O) groups excluding carboxylic acids is 1. The van der Waals surface area contributed by atoms with Gasteiger partial charge in [-0.1, -0.05) is 0 Å². The van der Waals surface area contributed by atoms with Crippen LogP contribution in [0.25, 0.3) is 0 Å². The maximum Gasteiger partial charge on any atom is 0.254 e. The lowest BCUT2D eigenvalue weighted by atomic mass is 9.71. The minimum atomic E-state index is -0.536. The van der Waals surface area contributed by atoms with E-state index in [1.54, 1.807) is 17.9 Å². The largest absolute Gasteiger partial charge is 0.494 e. The lowest BCUT2D eigenvalue weighted by Crippen LogP contribution is -2.42. The van der Waals surface area contributed by atoms with Crippen LogP contribution in [-0.2, 0) is 0 Å². The van der Waals surface area contributed by atoms with E-state index in [-0.39, 0.29) is 23.0 Å². The molecular formula is C20H25FN4O3. The number of rotatable bonds is 3. The van der Waals surface area contributed by atoms with Crippen molar-refractivity contribution in [3.8, 4) is 5.75 Å². The van der Waals surface area contributed by atoms with Gasteiger partial charge in [0, 0.05) is 31.0 Å². The number of hydrogen-bond donors (Lipinski definition) is 0. The zero-order chi connectivity index (χ0) is 19.9. The van der Waals surface area contributed by atoms with Crippen LogP contribution < -0.4 is 4.74 Å². The molecule has 2 aliphatic heterocycles. The number of likely N-dealkylation sites (tertiary alicyclic amines) is 2. The van der Waals surface area contributed by atoms with E-state index in [9.17, 15) is 9.18 Å². The molecule has 150 valence electrons. The molecule has 0 N–H and O–H groups in total. The molecule has 7 nitrogen and oxygen atoms in total. The molecule has 4 rings (SSSR count). The Morgan fingerprint density at radius 1 is 1.32 bits per heavy atom. The Kier molecular flexibility index (Phi) is 4.82. The predicted molar refractivity (Wildman–Crippen MR) is 99.8 cm³/mol. The Hall–Kier alpha value is -2.48. The monoisotopic (exact) mass is 388 g/mol. The lowest BCUT2D eigenvalue weighted by Gasteiger charge is -2.40. The molecule has 1 unspecified atom stereocenters. The zero-order valence-corrected chi connectivity index (χ0v) is 16.4. The number of aromatic nitrogens is 2. The molecule has 0 bridgehead atoms. The third kappa shape index (κ3) is 3.26. The molecule has 2 saturated heterocycles. The van der Waals surface area contributed by atoms with E-state index in [1.165, 1.54) is 19.2 Å². The average Bonchev–Trinajstić information content (AvgIpc) is 3.27. The number of piperidine rings is 1. The number of aryl methyl sites for hydroxylation is 1. The van der Waals surface area contributed by atoms with Gasteiger partial charge in [-0.15, -0.1) is 10.2 Å². The normalized spacial score (nSPS) is 22.0. The summed E-state index contributed by atoms with van der Waals surface area (Å²) < 4.78 is 24.8. The van der Waals surface area contributed by atoms with Gasteiger partial charge in [-0.05, 0) is 51.2 Å². The highest BCUT2D eigenvalue weighted by Crippen LogP contribution is 2.49. The van der Waals surface area contributed by atoms with Gasteiger partial charge in [0.15, 0.2) is 11.6 Å². The maximum absolute atomic E-state index is 14.1. The van der Waals surface area contributed by atoms with Gasteiger partial charge in [0.25, 0.3) is 5.91 Å². The number of amides is 1. The molecule has 2 aliphatic rings. The number of methoxy groups -OCH3 is 1. The number of halogens is 1. The molecule has 0 aliphatic carbocycles. The van der Waals surface area contributed by atoms with Crippen molar-refractivity contribution in [3.05, 3.63) is 41.4 Å².